The quantitative estimate of drug-likeness (QED) is 0.666. The van der Waals surface area contributed by atoms with Crippen molar-refractivity contribution in [2.45, 2.75) is 20.3 Å². The van der Waals surface area contributed by atoms with Crippen molar-refractivity contribution in [3.8, 4) is 5.75 Å². The smallest absolute Gasteiger partial charge is 0.193 e. The highest BCUT2D eigenvalue weighted by atomic mass is 16.5. The third-order valence-corrected chi connectivity index (χ3v) is 3.10. The lowest BCUT2D eigenvalue weighted by atomic mass is 10.0. The molecule has 0 heterocycles. The van der Waals surface area contributed by atoms with Crippen LogP contribution in [-0.2, 0) is 0 Å². The summed E-state index contributed by atoms with van der Waals surface area (Å²) in [6, 6.07) is 12.6. The second kappa shape index (κ2) is 6.24. The number of benzene rings is 2. The molecule has 2 N–H and O–H groups in total. The van der Waals surface area contributed by atoms with Crippen molar-refractivity contribution >= 4 is 11.5 Å². The van der Waals surface area contributed by atoms with Gasteiger partial charge >= 0.3 is 0 Å². The van der Waals surface area contributed by atoms with Gasteiger partial charge in [0.2, 0.25) is 0 Å². The Morgan fingerprint density at radius 3 is 2.60 bits per heavy atom. The lowest BCUT2D eigenvalue weighted by Gasteiger charge is -2.08. The van der Waals surface area contributed by atoms with Crippen molar-refractivity contribution < 1.29 is 9.53 Å². The van der Waals surface area contributed by atoms with E-state index in [-0.39, 0.29) is 5.78 Å². The molecule has 0 unspecified atom stereocenters. The maximum Gasteiger partial charge on any atom is 0.193 e. The minimum absolute atomic E-state index is 0.0185. The third kappa shape index (κ3) is 3.18. The minimum atomic E-state index is -0.0185. The van der Waals surface area contributed by atoms with Crippen molar-refractivity contribution in [3.63, 3.8) is 0 Å². The molecule has 0 aliphatic carbocycles. The van der Waals surface area contributed by atoms with Gasteiger partial charge in [0.25, 0.3) is 0 Å². The monoisotopic (exact) mass is 269 g/mol. The van der Waals surface area contributed by atoms with Crippen LogP contribution < -0.4 is 10.5 Å². The van der Waals surface area contributed by atoms with Gasteiger partial charge in [-0.1, -0.05) is 19.1 Å². The van der Waals surface area contributed by atoms with Crippen molar-refractivity contribution in [3.05, 3.63) is 59.2 Å². The summed E-state index contributed by atoms with van der Waals surface area (Å²) in [5, 5.41) is 0. The maximum atomic E-state index is 12.4. The van der Waals surface area contributed by atoms with Gasteiger partial charge in [0, 0.05) is 16.8 Å². The Balaban J connectivity index is 2.26. The summed E-state index contributed by atoms with van der Waals surface area (Å²) in [6.45, 7) is 4.59. The van der Waals surface area contributed by atoms with Crippen LogP contribution in [-0.4, -0.2) is 12.4 Å². The molecule has 20 heavy (non-hydrogen) atoms. The first kappa shape index (κ1) is 14.1. The van der Waals surface area contributed by atoms with E-state index in [1.807, 2.05) is 32.0 Å². The number of ketones is 1. The molecular weight excluding hydrogens is 250 g/mol. The maximum absolute atomic E-state index is 12.4. The number of aryl methyl sites for hydroxylation is 1. The number of rotatable bonds is 5. The molecule has 0 fully saturated rings. The predicted molar refractivity (Wildman–Crippen MR) is 81.3 cm³/mol. The average molecular weight is 269 g/mol. The molecule has 3 heteroatoms. The van der Waals surface area contributed by atoms with Crippen LogP contribution in [0.1, 0.15) is 34.8 Å². The Hall–Kier alpha value is -2.29. The van der Waals surface area contributed by atoms with Crippen LogP contribution in [0.25, 0.3) is 0 Å². The van der Waals surface area contributed by atoms with Crippen LogP contribution in [0, 0.1) is 6.92 Å². The molecule has 0 aliphatic heterocycles. The number of hydrogen-bond acceptors (Lipinski definition) is 3. The van der Waals surface area contributed by atoms with Crippen LogP contribution >= 0.6 is 0 Å². The number of carbonyl (C=O) groups is 1. The van der Waals surface area contributed by atoms with Gasteiger partial charge in [-0.3, -0.25) is 4.79 Å². The first-order valence-corrected chi connectivity index (χ1v) is 6.75. The fourth-order valence-electron chi connectivity index (χ4n) is 1.93. The minimum Gasteiger partial charge on any atom is -0.494 e. The number of ether oxygens (including phenoxy) is 1. The summed E-state index contributed by atoms with van der Waals surface area (Å²) in [7, 11) is 0. The van der Waals surface area contributed by atoms with Gasteiger partial charge in [-0.05, 0) is 49.2 Å². The van der Waals surface area contributed by atoms with Crippen molar-refractivity contribution in [1.82, 2.24) is 0 Å². The second-order valence-corrected chi connectivity index (χ2v) is 4.78. The van der Waals surface area contributed by atoms with Gasteiger partial charge in [-0.2, -0.15) is 0 Å². The first-order valence-electron chi connectivity index (χ1n) is 6.75. The highest BCUT2D eigenvalue weighted by molar-refractivity contribution is 6.09. The van der Waals surface area contributed by atoms with Crippen LogP contribution in [0.2, 0.25) is 0 Å². The zero-order valence-corrected chi connectivity index (χ0v) is 11.8. The largest absolute Gasteiger partial charge is 0.494 e. The molecular formula is C17H19NO2. The predicted octanol–water partition coefficient (Wildman–Crippen LogP) is 3.60. The molecule has 0 saturated carbocycles. The fraction of sp³-hybridized carbons (Fsp3) is 0.235. The summed E-state index contributed by atoms with van der Waals surface area (Å²) < 4.78 is 5.55. The van der Waals surface area contributed by atoms with E-state index in [0.29, 0.717) is 23.4 Å². The van der Waals surface area contributed by atoms with Crippen LogP contribution in [0.15, 0.2) is 42.5 Å². The molecule has 2 aromatic carbocycles. The van der Waals surface area contributed by atoms with E-state index in [2.05, 4.69) is 0 Å². The zero-order valence-electron chi connectivity index (χ0n) is 11.8. The molecule has 0 aromatic heterocycles. The van der Waals surface area contributed by atoms with Gasteiger partial charge in [-0.15, -0.1) is 0 Å². The molecule has 0 amide bonds. The summed E-state index contributed by atoms with van der Waals surface area (Å²) >= 11 is 0. The van der Waals surface area contributed by atoms with E-state index in [0.717, 1.165) is 17.7 Å². The van der Waals surface area contributed by atoms with Crippen molar-refractivity contribution in [2.24, 2.45) is 0 Å². The Bertz CT molecular complexity index is 620. The fourth-order valence-corrected chi connectivity index (χ4v) is 1.93. The van der Waals surface area contributed by atoms with Gasteiger partial charge in [-0.25, -0.2) is 0 Å². The summed E-state index contributed by atoms with van der Waals surface area (Å²) in [5.74, 6) is 0.708. The number of nitrogen functional groups attached to an aromatic ring is 1. The van der Waals surface area contributed by atoms with Gasteiger partial charge in [0.15, 0.2) is 5.78 Å². The topological polar surface area (TPSA) is 52.3 Å². The number of hydrogen-bond donors (Lipinski definition) is 1. The van der Waals surface area contributed by atoms with Crippen molar-refractivity contribution in [2.75, 3.05) is 12.3 Å². The molecule has 2 rings (SSSR count). The van der Waals surface area contributed by atoms with Gasteiger partial charge in [0.1, 0.15) is 5.75 Å². The molecule has 2 aromatic rings. The number of anilines is 1. The molecule has 0 atom stereocenters. The van der Waals surface area contributed by atoms with E-state index in [1.165, 1.54) is 0 Å². The second-order valence-electron chi connectivity index (χ2n) is 4.78. The van der Waals surface area contributed by atoms with E-state index in [9.17, 15) is 4.79 Å². The third-order valence-electron chi connectivity index (χ3n) is 3.10. The van der Waals surface area contributed by atoms with E-state index in [4.69, 9.17) is 10.5 Å². The van der Waals surface area contributed by atoms with Crippen molar-refractivity contribution in [1.29, 1.82) is 0 Å². The molecule has 3 nitrogen and oxygen atoms in total. The molecule has 0 radical (unpaired) electrons. The van der Waals surface area contributed by atoms with Crippen LogP contribution in [0.3, 0.4) is 0 Å². The molecule has 0 saturated heterocycles. The van der Waals surface area contributed by atoms with Crippen LogP contribution in [0.4, 0.5) is 5.69 Å². The zero-order chi connectivity index (χ0) is 14.5. The molecule has 0 bridgehead atoms. The summed E-state index contributed by atoms with van der Waals surface area (Å²) in [5.41, 5.74) is 8.65. The van der Waals surface area contributed by atoms with Gasteiger partial charge < -0.3 is 10.5 Å². The van der Waals surface area contributed by atoms with Crippen LogP contribution in [0.5, 0.6) is 5.75 Å². The lowest BCUT2D eigenvalue weighted by molar-refractivity contribution is 0.103. The molecule has 0 aliphatic rings. The van der Waals surface area contributed by atoms with E-state index in [1.54, 1.807) is 24.3 Å². The van der Waals surface area contributed by atoms with Gasteiger partial charge in [0.05, 0.1) is 6.61 Å². The number of nitrogens with two attached hydrogens (primary N) is 1. The Kier molecular flexibility index (Phi) is 4.41. The normalized spacial score (nSPS) is 10.3. The highest BCUT2D eigenvalue weighted by Crippen LogP contribution is 2.19. The van der Waals surface area contributed by atoms with E-state index >= 15 is 0 Å². The SMILES string of the molecule is CCCOc1cccc(C(=O)c2ccc(N)c(C)c2)c1. The molecule has 0 spiro atoms. The Morgan fingerprint density at radius 2 is 1.90 bits per heavy atom. The Morgan fingerprint density at radius 1 is 1.15 bits per heavy atom. The summed E-state index contributed by atoms with van der Waals surface area (Å²) in [4.78, 5) is 12.4. The Labute approximate surface area is 119 Å². The summed E-state index contributed by atoms with van der Waals surface area (Å²) in [6.07, 6.45) is 0.940. The highest BCUT2D eigenvalue weighted by Gasteiger charge is 2.10. The lowest BCUT2D eigenvalue weighted by Crippen LogP contribution is -2.03. The number of carbonyl (C=O) groups excluding carboxylic acids is 1. The standard InChI is InChI=1S/C17H19NO2/c1-3-9-20-15-6-4-5-13(11-15)17(19)14-7-8-16(18)12(2)10-14/h4-8,10-11H,3,9,18H2,1-2H3. The average Bonchev–Trinajstić information content (AvgIpc) is 2.47. The first-order chi connectivity index (χ1) is 9.61. The molecule has 104 valence electrons. The van der Waals surface area contributed by atoms with E-state index < -0.39 is 0 Å².